The van der Waals surface area contributed by atoms with Crippen LogP contribution in [0.5, 0.6) is 0 Å². The maximum absolute atomic E-state index is 6.13. The van der Waals surface area contributed by atoms with Crippen LogP contribution < -0.4 is 5.32 Å². The first-order chi connectivity index (χ1) is 9.45. The molecule has 1 fully saturated rings. The molecule has 0 radical (unpaired) electrons. The fourth-order valence-corrected chi connectivity index (χ4v) is 3.29. The zero-order valence-corrected chi connectivity index (χ0v) is 10.8. The van der Waals surface area contributed by atoms with Crippen LogP contribution in [0.25, 0.3) is 11.1 Å². The van der Waals surface area contributed by atoms with E-state index >= 15 is 0 Å². The van der Waals surface area contributed by atoms with Gasteiger partial charge in [-0.3, -0.25) is 0 Å². The first-order valence-electron chi connectivity index (χ1n) is 6.98. The van der Waals surface area contributed by atoms with E-state index in [1.165, 1.54) is 22.3 Å². The van der Waals surface area contributed by atoms with Crippen LogP contribution in [0.3, 0.4) is 0 Å². The Hall–Kier alpha value is -1.64. The van der Waals surface area contributed by atoms with Crippen LogP contribution in [-0.2, 0) is 4.74 Å². The van der Waals surface area contributed by atoms with Crippen molar-refractivity contribution in [2.45, 2.75) is 18.6 Å². The topological polar surface area (TPSA) is 21.3 Å². The first kappa shape index (κ1) is 11.2. The van der Waals surface area contributed by atoms with Crippen LogP contribution in [0.1, 0.15) is 29.7 Å². The third kappa shape index (κ3) is 1.71. The SMILES string of the molecule is c1ccc2c(c1)-c1ccccc1[C@H]1OCCCN[C@H]21. The highest BCUT2D eigenvalue weighted by Gasteiger charge is 2.34. The minimum atomic E-state index is 0.147. The molecule has 2 nitrogen and oxygen atoms in total. The zero-order valence-electron chi connectivity index (χ0n) is 10.8. The van der Waals surface area contributed by atoms with Crippen molar-refractivity contribution < 1.29 is 4.74 Å². The standard InChI is InChI=1S/C17H17NO/c1-3-8-14-12(6-1)13-7-2-4-9-15(13)17-16(14)18-10-5-11-19-17/h1-4,6-9,16-18H,5,10-11H2/t16-,17-/m1/s1. The predicted octanol–water partition coefficient (Wildman–Crippen LogP) is 3.46. The molecule has 96 valence electrons. The van der Waals surface area contributed by atoms with Crippen molar-refractivity contribution in [3.8, 4) is 11.1 Å². The van der Waals surface area contributed by atoms with Gasteiger partial charge in [0.25, 0.3) is 0 Å². The lowest BCUT2D eigenvalue weighted by Gasteiger charge is -2.34. The summed E-state index contributed by atoms with van der Waals surface area (Å²) in [7, 11) is 0. The summed E-state index contributed by atoms with van der Waals surface area (Å²) in [5.74, 6) is 0. The van der Waals surface area contributed by atoms with E-state index in [1.807, 2.05) is 0 Å². The molecule has 0 bridgehead atoms. The summed E-state index contributed by atoms with van der Waals surface area (Å²) in [5.41, 5.74) is 5.36. The summed E-state index contributed by atoms with van der Waals surface area (Å²) < 4.78 is 6.13. The summed E-state index contributed by atoms with van der Waals surface area (Å²) in [6.07, 6.45) is 1.23. The van der Waals surface area contributed by atoms with Crippen LogP contribution in [0, 0.1) is 0 Å². The van der Waals surface area contributed by atoms with Gasteiger partial charge in [-0.1, -0.05) is 48.5 Å². The number of fused-ring (bicyclic) bond motifs is 6. The molecule has 0 saturated carbocycles. The molecule has 1 N–H and O–H groups in total. The third-order valence-corrected chi connectivity index (χ3v) is 4.14. The Morgan fingerprint density at radius 1 is 0.895 bits per heavy atom. The van der Waals surface area contributed by atoms with Gasteiger partial charge < -0.3 is 10.1 Å². The van der Waals surface area contributed by atoms with Gasteiger partial charge in [0.2, 0.25) is 0 Å². The Labute approximate surface area is 113 Å². The summed E-state index contributed by atoms with van der Waals surface area (Å²) in [5, 5.41) is 3.66. The molecule has 1 saturated heterocycles. The predicted molar refractivity (Wildman–Crippen MR) is 75.9 cm³/mol. The zero-order chi connectivity index (χ0) is 12.7. The monoisotopic (exact) mass is 251 g/mol. The Morgan fingerprint density at radius 3 is 2.42 bits per heavy atom. The summed E-state index contributed by atoms with van der Waals surface area (Å²) >= 11 is 0. The second-order valence-corrected chi connectivity index (χ2v) is 5.25. The molecule has 1 aliphatic heterocycles. The highest BCUT2D eigenvalue weighted by Crippen LogP contribution is 2.46. The smallest absolute Gasteiger partial charge is 0.103 e. The van der Waals surface area contributed by atoms with Crippen molar-refractivity contribution in [3.63, 3.8) is 0 Å². The van der Waals surface area contributed by atoms with Gasteiger partial charge in [-0.15, -0.1) is 0 Å². The lowest BCUT2D eigenvalue weighted by Crippen LogP contribution is -2.29. The highest BCUT2D eigenvalue weighted by atomic mass is 16.5. The van der Waals surface area contributed by atoms with Crippen LogP contribution in [0.15, 0.2) is 48.5 Å². The normalized spacial score (nSPS) is 24.8. The van der Waals surface area contributed by atoms with Gasteiger partial charge in [-0.05, 0) is 35.2 Å². The fraction of sp³-hybridized carbons (Fsp3) is 0.294. The van der Waals surface area contributed by atoms with Gasteiger partial charge in [-0.2, -0.15) is 0 Å². The molecular weight excluding hydrogens is 234 g/mol. The van der Waals surface area contributed by atoms with Crippen LogP contribution in [0.4, 0.5) is 0 Å². The molecule has 0 aromatic heterocycles. The van der Waals surface area contributed by atoms with Crippen LogP contribution in [-0.4, -0.2) is 13.2 Å². The van der Waals surface area contributed by atoms with Crippen molar-refractivity contribution in [3.05, 3.63) is 59.7 Å². The van der Waals surface area contributed by atoms with E-state index in [1.54, 1.807) is 0 Å². The molecule has 19 heavy (non-hydrogen) atoms. The molecule has 2 heteroatoms. The molecule has 0 spiro atoms. The summed E-state index contributed by atoms with van der Waals surface area (Å²) in [4.78, 5) is 0. The van der Waals surface area contributed by atoms with Crippen molar-refractivity contribution in [1.29, 1.82) is 0 Å². The molecule has 0 amide bonds. The Kier molecular flexibility index (Phi) is 2.64. The number of nitrogens with one attached hydrogen (secondary N) is 1. The molecule has 1 aliphatic carbocycles. The molecule has 2 atom stereocenters. The lowest BCUT2D eigenvalue weighted by molar-refractivity contribution is 0.0407. The van der Waals surface area contributed by atoms with Crippen LogP contribution >= 0.6 is 0 Å². The van der Waals surface area contributed by atoms with E-state index in [9.17, 15) is 0 Å². The number of hydrogen-bond donors (Lipinski definition) is 1. The average Bonchev–Trinajstić information content (AvgIpc) is 2.73. The van der Waals surface area contributed by atoms with E-state index in [0.717, 1.165) is 19.6 Å². The number of rotatable bonds is 0. The second-order valence-electron chi connectivity index (χ2n) is 5.25. The van der Waals surface area contributed by atoms with E-state index in [0.29, 0.717) is 0 Å². The molecular formula is C17H17NO. The van der Waals surface area contributed by atoms with E-state index < -0.39 is 0 Å². The quantitative estimate of drug-likeness (QED) is 0.774. The summed E-state index contributed by atoms with van der Waals surface area (Å²) in [6.45, 7) is 1.86. The maximum atomic E-state index is 6.13. The van der Waals surface area contributed by atoms with Crippen LogP contribution in [0.2, 0.25) is 0 Å². The third-order valence-electron chi connectivity index (χ3n) is 4.14. The highest BCUT2D eigenvalue weighted by molar-refractivity contribution is 5.74. The van der Waals surface area contributed by atoms with E-state index in [2.05, 4.69) is 53.8 Å². The van der Waals surface area contributed by atoms with Gasteiger partial charge in [-0.25, -0.2) is 0 Å². The van der Waals surface area contributed by atoms with Gasteiger partial charge in [0, 0.05) is 6.61 Å². The van der Waals surface area contributed by atoms with Gasteiger partial charge >= 0.3 is 0 Å². The van der Waals surface area contributed by atoms with Gasteiger partial charge in [0.15, 0.2) is 0 Å². The van der Waals surface area contributed by atoms with Crippen molar-refractivity contribution in [2.24, 2.45) is 0 Å². The molecule has 2 aromatic carbocycles. The number of benzene rings is 2. The van der Waals surface area contributed by atoms with Crippen molar-refractivity contribution in [2.75, 3.05) is 13.2 Å². The fourth-order valence-electron chi connectivity index (χ4n) is 3.29. The molecule has 1 heterocycles. The van der Waals surface area contributed by atoms with Crippen molar-refractivity contribution >= 4 is 0 Å². The number of ether oxygens (including phenoxy) is 1. The maximum Gasteiger partial charge on any atom is 0.103 e. The van der Waals surface area contributed by atoms with E-state index in [4.69, 9.17) is 4.74 Å². The number of hydrogen-bond acceptors (Lipinski definition) is 2. The minimum absolute atomic E-state index is 0.147. The molecule has 2 aromatic rings. The minimum Gasteiger partial charge on any atom is -0.371 e. The Balaban J connectivity index is 1.96. The molecule has 4 rings (SSSR count). The van der Waals surface area contributed by atoms with Gasteiger partial charge in [0.05, 0.1) is 6.04 Å². The molecule has 2 aliphatic rings. The summed E-state index contributed by atoms with van der Waals surface area (Å²) in [6, 6.07) is 17.6. The van der Waals surface area contributed by atoms with E-state index in [-0.39, 0.29) is 12.1 Å². The second kappa shape index (κ2) is 4.48. The Morgan fingerprint density at radius 2 is 1.58 bits per heavy atom. The van der Waals surface area contributed by atoms with Gasteiger partial charge in [0.1, 0.15) is 6.10 Å². The Bertz CT molecular complexity index is 554. The lowest BCUT2D eigenvalue weighted by atomic mass is 9.80. The average molecular weight is 251 g/mol. The first-order valence-corrected chi connectivity index (χ1v) is 6.98. The molecule has 0 unspecified atom stereocenters. The largest absolute Gasteiger partial charge is 0.371 e. The van der Waals surface area contributed by atoms with Crippen molar-refractivity contribution in [1.82, 2.24) is 5.32 Å².